The number of ether oxygens (including phenoxy) is 1. The third-order valence-electron chi connectivity index (χ3n) is 3.39. The zero-order valence-corrected chi connectivity index (χ0v) is 12.9. The molecule has 1 aromatic heterocycles. The van der Waals surface area contributed by atoms with Crippen LogP contribution in [0.1, 0.15) is 5.82 Å². The molecule has 130 valence electrons. The van der Waals surface area contributed by atoms with Gasteiger partial charge >= 0.3 is 6.36 Å². The van der Waals surface area contributed by atoms with Gasteiger partial charge in [-0.3, -0.25) is 4.39 Å². The molecule has 0 amide bonds. The molecule has 0 N–H and O–H groups in total. The maximum Gasteiger partial charge on any atom is 0.573 e. The summed E-state index contributed by atoms with van der Waals surface area (Å²) in [7, 11) is 0. The van der Waals surface area contributed by atoms with Crippen molar-refractivity contribution in [3.8, 4) is 22.6 Å². The number of alkyl halides is 4. The molecular formula is C17H13F4N3O. The summed E-state index contributed by atoms with van der Waals surface area (Å²) in [5.74, 6) is 0.0672. The van der Waals surface area contributed by atoms with Gasteiger partial charge in [-0.2, -0.15) is 5.10 Å². The van der Waals surface area contributed by atoms with Crippen molar-refractivity contribution in [2.45, 2.75) is 12.8 Å². The van der Waals surface area contributed by atoms with Gasteiger partial charge in [-0.1, -0.05) is 30.3 Å². The molecule has 0 spiro atoms. The molecule has 0 radical (unpaired) electrons. The Morgan fingerprint density at radius 3 is 2.60 bits per heavy atom. The lowest BCUT2D eigenvalue weighted by molar-refractivity contribution is -0.274. The van der Waals surface area contributed by atoms with E-state index >= 15 is 0 Å². The van der Waals surface area contributed by atoms with Crippen LogP contribution in [0.2, 0.25) is 0 Å². The van der Waals surface area contributed by atoms with Gasteiger partial charge in [0.2, 0.25) is 0 Å². The quantitative estimate of drug-likeness (QED) is 0.642. The van der Waals surface area contributed by atoms with Gasteiger partial charge in [-0.15, -0.1) is 13.2 Å². The molecule has 1 heterocycles. The van der Waals surface area contributed by atoms with Crippen molar-refractivity contribution >= 4 is 0 Å². The highest BCUT2D eigenvalue weighted by Gasteiger charge is 2.32. The molecule has 0 saturated heterocycles. The summed E-state index contributed by atoms with van der Waals surface area (Å²) in [4.78, 5) is 3.99. The van der Waals surface area contributed by atoms with Crippen molar-refractivity contribution in [3.05, 3.63) is 60.7 Å². The van der Waals surface area contributed by atoms with Gasteiger partial charge in [0.1, 0.15) is 12.1 Å². The summed E-state index contributed by atoms with van der Waals surface area (Å²) >= 11 is 0. The van der Waals surface area contributed by atoms with Crippen LogP contribution in [-0.2, 0) is 6.42 Å². The Labute approximate surface area is 140 Å². The van der Waals surface area contributed by atoms with Gasteiger partial charge in [0.25, 0.3) is 0 Å². The minimum Gasteiger partial charge on any atom is -0.405 e. The zero-order valence-electron chi connectivity index (χ0n) is 12.9. The van der Waals surface area contributed by atoms with Crippen LogP contribution in [0.4, 0.5) is 17.6 Å². The molecule has 3 aromatic rings. The van der Waals surface area contributed by atoms with E-state index in [1.54, 1.807) is 30.3 Å². The predicted octanol–water partition coefficient (Wildman–Crippen LogP) is 4.34. The predicted molar refractivity (Wildman–Crippen MR) is 83.2 cm³/mol. The molecule has 4 nitrogen and oxygen atoms in total. The number of nitrogens with zero attached hydrogens (tertiary/aromatic N) is 3. The SMILES string of the molecule is FCCc1ncn(-c2cccc(-c3ccccc3OC(F)(F)F)c2)n1. The van der Waals surface area contributed by atoms with Crippen LogP contribution < -0.4 is 4.74 Å². The summed E-state index contributed by atoms with van der Waals surface area (Å²) in [5, 5.41) is 4.14. The van der Waals surface area contributed by atoms with Crippen LogP contribution in [0.25, 0.3) is 16.8 Å². The molecule has 0 aliphatic rings. The third kappa shape index (κ3) is 4.14. The van der Waals surface area contributed by atoms with Gasteiger partial charge < -0.3 is 4.74 Å². The Morgan fingerprint density at radius 1 is 1.04 bits per heavy atom. The Kier molecular flexibility index (Phi) is 4.69. The molecule has 0 saturated carbocycles. The molecular weight excluding hydrogens is 338 g/mol. The second-order valence-corrected chi connectivity index (χ2v) is 5.14. The summed E-state index contributed by atoms with van der Waals surface area (Å²) in [6.45, 7) is -0.563. The Balaban J connectivity index is 1.97. The standard InChI is InChI=1S/C17H13F4N3O/c18-9-8-16-22-11-24(23-16)13-5-3-4-12(10-13)14-6-1-2-7-15(14)25-17(19,20)21/h1-7,10-11H,8-9H2. The van der Waals surface area contributed by atoms with Crippen molar-refractivity contribution in [2.75, 3.05) is 6.67 Å². The highest BCUT2D eigenvalue weighted by Crippen LogP contribution is 2.34. The Morgan fingerprint density at radius 2 is 1.84 bits per heavy atom. The molecule has 0 aliphatic carbocycles. The lowest BCUT2D eigenvalue weighted by atomic mass is 10.0. The van der Waals surface area contributed by atoms with Gasteiger partial charge in [0.15, 0.2) is 5.82 Å². The number of hydrogen-bond acceptors (Lipinski definition) is 3. The number of hydrogen-bond donors (Lipinski definition) is 0. The molecule has 0 bridgehead atoms. The van der Waals surface area contributed by atoms with E-state index in [0.29, 0.717) is 22.6 Å². The van der Waals surface area contributed by atoms with Gasteiger partial charge in [-0.05, 0) is 23.8 Å². The maximum absolute atomic E-state index is 12.6. The number of para-hydroxylation sites is 1. The van der Waals surface area contributed by atoms with E-state index in [1.165, 1.54) is 29.2 Å². The molecule has 3 rings (SSSR count). The minimum absolute atomic E-state index is 0.106. The van der Waals surface area contributed by atoms with E-state index in [9.17, 15) is 17.6 Å². The van der Waals surface area contributed by atoms with E-state index in [1.807, 2.05) is 0 Å². The fourth-order valence-corrected chi connectivity index (χ4v) is 2.36. The van der Waals surface area contributed by atoms with Crippen LogP contribution in [0.15, 0.2) is 54.9 Å². The molecule has 0 aliphatic heterocycles. The highest BCUT2D eigenvalue weighted by atomic mass is 19.4. The first-order chi connectivity index (χ1) is 12.0. The van der Waals surface area contributed by atoms with Crippen molar-refractivity contribution < 1.29 is 22.3 Å². The second-order valence-electron chi connectivity index (χ2n) is 5.14. The summed E-state index contributed by atoms with van der Waals surface area (Å²) < 4.78 is 55.6. The van der Waals surface area contributed by atoms with E-state index < -0.39 is 13.0 Å². The van der Waals surface area contributed by atoms with Gasteiger partial charge in [-0.25, -0.2) is 9.67 Å². The first-order valence-corrected chi connectivity index (χ1v) is 7.38. The molecule has 0 unspecified atom stereocenters. The third-order valence-corrected chi connectivity index (χ3v) is 3.39. The number of benzene rings is 2. The summed E-state index contributed by atoms with van der Waals surface area (Å²) in [5.41, 5.74) is 1.42. The van der Waals surface area contributed by atoms with E-state index in [0.717, 1.165) is 0 Å². The topological polar surface area (TPSA) is 39.9 Å². The molecule has 0 fully saturated rings. The first kappa shape index (κ1) is 16.9. The highest BCUT2D eigenvalue weighted by molar-refractivity contribution is 5.72. The van der Waals surface area contributed by atoms with E-state index in [2.05, 4.69) is 14.8 Å². The normalized spacial score (nSPS) is 11.5. The van der Waals surface area contributed by atoms with Gasteiger partial charge in [0, 0.05) is 12.0 Å². The van der Waals surface area contributed by atoms with Crippen LogP contribution in [-0.4, -0.2) is 27.8 Å². The average molecular weight is 351 g/mol. The van der Waals surface area contributed by atoms with Crippen LogP contribution in [0, 0.1) is 0 Å². The molecule has 25 heavy (non-hydrogen) atoms. The molecule has 0 atom stereocenters. The zero-order chi connectivity index (χ0) is 17.9. The Hall–Kier alpha value is -2.90. The fourth-order valence-electron chi connectivity index (χ4n) is 2.36. The van der Waals surface area contributed by atoms with Crippen molar-refractivity contribution in [3.63, 3.8) is 0 Å². The minimum atomic E-state index is -4.78. The number of rotatable bonds is 5. The monoisotopic (exact) mass is 351 g/mol. The smallest absolute Gasteiger partial charge is 0.405 e. The maximum atomic E-state index is 12.6. The number of aromatic nitrogens is 3. The number of aryl methyl sites for hydroxylation is 1. The molecule has 8 heteroatoms. The molecule has 2 aromatic carbocycles. The number of halogens is 4. The summed E-state index contributed by atoms with van der Waals surface area (Å²) in [6.07, 6.45) is -3.24. The summed E-state index contributed by atoms with van der Waals surface area (Å²) in [6, 6.07) is 12.6. The van der Waals surface area contributed by atoms with E-state index in [-0.39, 0.29) is 12.2 Å². The lowest BCUT2D eigenvalue weighted by Crippen LogP contribution is -2.17. The average Bonchev–Trinajstić information content (AvgIpc) is 3.03. The lowest BCUT2D eigenvalue weighted by Gasteiger charge is -2.13. The van der Waals surface area contributed by atoms with Crippen molar-refractivity contribution in [1.82, 2.24) is 14.8 Å². The second kappa shape index (κ2) is 6.92. The fraction of sp³-hybridized carbons (Fsp3) is 0.176. The van der Waals surface area contributed by atoms with Crippen molar-refractivity contribution in [1.29, 1.82) is 0 Å². The van der Waals surface area contributed by atoms with E-state index in [4.69, 9.17) is 0 Å². The van der Waals surface area contributed by atoms with Crippen LogP contribution in [0.5, 0.6) is 5.75 Å². The largest absolute Gasteiger partial charge is 0.573 e. The first-order valence-electron chi connectivity index (χ1n) is 7.38. The van der Waals surface area contributed by atoms with Crippen molar-refractivity contribution in [2.24, 2.45) is 0 Å². The van der Waals surface area contributed by atoms with Gasteiger partial charge in [0.05, 0.1) is 12.4 Å². The van der Waals surface area contributed by atoms with Crippen LogP contribution >= 0.6 is 0 Å². The van der Waals surface area contributed by atoms with Crippen LogP contribution in [0.3, 0.4) is 0 Å². The Bertz CT molecular complexity index is 861.